The number of nitrogens with zero attached hydrogens (tertiary/aromatic N) is 3. The van der Waals surface area contributed by atoms with Crippen LogP contribution in [-0.4, -0.2) is 50.4 Å². The van der Waals surface area contributed by atoms with Crippen molar-refractivity contribution >= 4 is 40.7 Å². The van der Waals surface area contributed by atoms with Gasteiger partial charge < -0.3 is 14.7 Å². The highest BCUT2D eigenvalue weighted by Gasteiger charge is 2.59. The Kier molecular flexibility index (Phi) is 8.63. The number of aryl methyl sites for hydroxylation is 6. The van der Waals surface area contributed by atoms with Gasteiger partial charge in [-0.25, -0.2) is 0 Å². The van der Waals surface area contributed by atoms with Crippen LogP contribution in [0.2, 0.25) is 5.04 Å². The monoisotopic (exact) mass is 593 g/mol. The Morgan fingerprint density at radius 1 is 0.465 bits per heavy atom. The number of rotatable bonds is 7. The molecular weight excluding hydrogens is 539 g/mol. The van der Waals surface area contributed by atoms with Crippen LogP contribution in [0.3, 0.4) is 0 Å². The van der Waals surface area contributed by atoms with Crippen LogP contribution < -0.4 is 30.3 Å². The van der Waals surface area contributed by atoms with Crippen molar-refractivity contribution in [2.75, 3.05) is 57.0 Å². The van der Waals surface area contributed by atoms with Gasteiger partial charge in [0.15, 0.2) is 8.07 Å². The van der Waals surface area contributed by atoms with E-state index in [0.717, 1.165) is 0 Å². The fraction of sp³-hybridized carbons (Fsp3) is 0.436. The van der Waals surface area contributed by atoms with Crippen LogP contribution in [-0.2, 0) is 0 Å². The van der Waals surface area contributed by atoms with Crippen LogP contribution in [0.1, 0.15) is 61.1 Å². The maximum absolute atomic E-state index is 3.01. The predicted octanol–water partition coefficient (Wildman–Crippen LogP) is 7.26. The molecule has 0 saturated heterocycles. The molecule has 4 heteroatoms. The van der Waals surface area contributed by atoms with Gasteiger partial charge in [0, 0.05) is 64.4 Å². The van der Waals surface area contributed by atoms with Crippen molar-refractivity contribution in [2.45, 2.75) is 74.3 Å². The molecule has 230 valence electrons. The van der Waals surface area contributed by atoms with Crippen LogP contribution in [0.4, 0.5) is 17.1 Å². The van der Waals surface area contributed by atoms with E-state index in [1.54, 1.807) is 0 Å². The summed E-state index contributed by atoms with van der Waals surface area (Å²) < 4.78 is 0. The first-order valence-electron chi connectivity index (χ1n) is 15.6. The molecule has 43 heavy (non-hydrogen) atoms. The van der Waals surface area contributed by atoms with E-state index in [1.165, 1.54) is 82.7 Å². The number of hydrogen-bond donors (Lipinski definition) is 0. The van der Waals surface area contributed by atoms with Gasteiger partial charge in [-0.3, -0.25) is 0 Å². The Morgan fingerprint density at radius 3 is 0.977 bits per heavy atom. The van der Waals surface area contributed by atoms with E-state index in [2.05, 4.69) is 169 Å². The lowest BCUT2D eigenvalue weighted by atomic mass is 10.0. The van der Waals surface area contributed by atoms with E-state index in [0.29, 0.717) is 0 Å². The highest BCUT2D eigenvalue weighted by atomic mass is 28.3. The van der Waals surface area contributed by atoms with Crippen LogP contribution in [0.5, 0.6) is 0 Å². The number of anilines is 3. The molecule has 0 saturated carbocycles. The first kappa shape index (κ1) is 32.7. The number of benzene rings is 3. The second-order valence-electron chi connectivity index (χ2n) is 14.1. The molecule has 3 aromatic rings. The minimum absolute atomic E-state index is 0.216. The summed E-state index contributed by atoms with van der Waals surface area (Å²) in [7, 11) is 10.3. The Hall–Kier alpha value is -3.24. The van der Waals surface area contributed by atoms with E-state index < -0.39 is 8.07 Å². The summed E-state index contributed by atoms with van der Waals surface area (Å²) in [6.45, 7) is 23.3. The lowest BCUT2D eigenvalue weighted by Crippen LogP contribution is -2.74. The smallest absolute Gasteiger partial charge is 0.169 e. The Morgan fingerprint density at radius 2 is 0.744 bits per heavy atom. The van der Waals surface area contributed by atoms with Crippen molar-refractivity contribution in [3.8, 4) is 0 Å². The van der Waals surface area contributed by atoms with Crippen molar-refractivity contribution in [1.82, 2.24) is 0 Å². The van der Waals surface area contributed by atoms with Gasteiger partial charge in [0.05, 0.1) is 0 Å². The molecule has 0 aromatic heterocycles. The molecule has 1 aliphatic carbocycles. The molecule has 0 N–H and O–H groups in total. The van der Waals surface area contributed by atoms with Crippen LogP contribution in [0.15, 0.2) is 59.2 Å². The maximum Gasteiger partial charge on any atom is 0.169 e. The Balaban J connectivity index is 2.51. The minimum Gasteiger partial charge on any atom is -0.378 e. The van der Waals surface area contributed by atoms with E-state index in [1.807, 2.05) is 0 Å². The first-order chi connectivity index (χ1) is 19.9. The zero-order chi connectivity index (χ0) is 32.3. The van der Waals surface area contributed by atoms with Gasteiger partial charge in [-0.1, -0.05) is 42.3 Å². The highest BCUT2D eigenvalue weighted by molar-refractivity contribution is 7.16. The van der Waals surface area contributed by atoms with Gasteiger partial charge >= 0.3 is 0 Å². The molecular formula is C39H55N3Si. The molecule has 1 aliphatic rings. The van der Waals surface area contributed by atoms with Gasteiger partial charge in [0.1, 0.15) is 0 Å². The van der Waals surface area contributed by atoms with Crippen LogP contribution in [0, 0.1) is 41.5 Å². The average molecular weight is 594 g/mol. The summed E-state index contributed by atoms with van der Waals surface area (Å²) in [6.07, 6.45) is 2.64. The number of allylic oxidation sites excluding steroid dienone is 4. The third-order valence-electron chi connectivity index (χ3n) is 10.7. The summed E-state index contributed by atoms with van der Waals surface area (Å²) in [5.74, 6) is 0. The zero-order valence-corrected chi connectivity index (χ0v) is 30.9. The van der Waals surface area contributed by atoms with Crippen molar-refractivity contribution in [2.24, 2.45) is 0 Å². The largest absolute Gasteiger partial charge is 0.378 e. The molecule has 0 bridgehead atoms. The summed E-state index contributed by atoms with van der Waals surface area (Å²) in [5.41, 5.74) is 16.4. The molecule has 3 aromatic carbocycles. The van der Waals surface area contributed by atoms with E-state index in [-0.39, 0.29) is 5.04 Å². The summed E-state index contributed by atoms with van der Waals surface area (Å²) in [6, 6.07) is 15.0. The maximum atomic E-state index is 2.64. The van der Waals surface area contributed by atoms with Gasteiger partial charge in [0.2, 0.25) is 0 Å². The molecule has 0 heterocycles. The molecule has 1 unspecified atom stereocenters. The molecule has 0 amide bonds. The fourth-order valence-corrected chi connectivity index (χ4v) is 14.5. The predicted molar refractivity (Wildman–Crippen MR) is 196 cm³/mol. The molecule has 3 nitrogen and oxygen atoms in total. The fourth-order valence-electron chi connectivity index (χ4n) is 7.41. The minimum atomic E-state index is -3.01. The van der Waals surface area contributed by atoms with Crippen molar-refractivity contribution in [3.05, 3.63) is 92.6 Å². The van der Waals surface area contributed by atoms with Crippen LogP contribution in [0.25, 0.3) is 0 Å². The van der Waals surface area contributed by atoms with E-state index in [9.17, 15) is 0 Å². The van der Waals surface area contributed by atoms with Crippen molar-refractivity contribution in [3.63, 3.8) is 0 Å². The molecule has 0 spiro atoms. The zero-order valence-electron chi connectivity index (χ0n) is 29.9. The van der Waals surface area contributed by atoms with Gasteiger partial charge in [0.25, 0.3) is 0 Å². The third kappa shape index (κ3) is 4.96. The number of hydrogen-bond acceptors (Lipinski definition) is 3. The molecule has 1 atom stereocenters. The second kappa shape index (κ2) is 11.4. The topological polar surface area (TPSA) is 9.72 Å². The average Bonchev–Trinajstić information content (AvgIpc) is 3.12. The lowest BCUT2D eigenvalue weighted by molar-refractivity contribution is 0.869. The quantitative estimate of drug-likeness (QED) is 0.211. The van der Waals surface area contributed by atoms with Crippen molar-refractivity contribution < 1.29 is 0 Å². The summed E-state index contributed by atoms with van der Waals surface area (Å²) >= 11 is 0. The highest BCUT2D eigenvalue weighted by Crippen LogP contribution is 2.54. The second-order valence-corrected chi connectivity index (χ2v) is 18.2. The van der Waals surface area contributed by atoms with Gasteiger partial charge in [-0.15, -0.1) is 0 Å². The molecule has 0 fully saturated rings. The standard InChI is InChI=1S/C39H55N3Si/c1-24-17-33(40(11)12)36(20-27(24)4)43(39(10)23-30(7)31(8)32(39)9,37-21-28(5)25(2)18-34(37)41(13)14)38-22-29(6)26(3)19-35(38)42(15)16/h17-23H,1-16H3. The van der Waals surface area contributed by atoms with Crippen LogP contribution >= 0.6 is 0 Å². The van der Waals surface area contributed by atoms with Gasteiger partial charge in [-0.2, -0.15) is 0 Å². The van der Waals surface area contributed by atoms with E-state index in [4.69, 9.17) is 0 Å². The SMILES string of the molecule is CC1=CC(C)([Si](c2cc(C)c(C)cc2N(C)C)(c2cc(C)c(C)cc2N(C)C)c2cc(C)c(C)cc2N(C)C)C(C)=C1C. The Bertz CT molecular complexity index is 1500. The molecule has 4 rings (SSSR count). The third-order valence-corrected chi connectivity index (χ3v) is 16.4. The van der Waals surface area contributed by atoms with E-state index >= 15 is 0 Å². The first-order valence-corrected chi connectivity index (χ1v) is 17.6. The summed E-state index contributed by atoms with van der Waals surface area (Å²) in [5, 5.41) is 4.24. The summed E-state index contributed by atoms with van der Waals surface area (Å²) in [4.78, 5) is 7.07. The van der Waals surface area contributed by atoms with Crippen molar-refractivity contribution in [1.29, 1.82) is 0 Å². The Labute approximate surface area is 263 Å². The lowest BCUT2D eigenvalue weighted by Gasteiger charge is -2.50. The normalized spacial score (nSPS) is 17.0. The van der Waals surface area contributed by atoms with Gasteiger partial charge in [-0.05, 0) is 135 Å². The molecule has 0 aliphatic heterocycles. The molecule has 0 radical (unpaired) electrons.